The number of likely N-dealkylation sites (tertiary alicyclic amines) is 1. The van der Waals surface area contributed by atoms with Crippen LogP contribution in [0.5, 0.6) is 0 Å². The number of rotatable bonds is 0. The molecule has 1 fully saturated rings. The molecule has 1 aliphatic heterocycles. The van der Waals surface area contributed by atoms with Gasteiger partial charge in [-0.25, -0.2) is 4.79 Å². The van der Waals surface area contributed by atoms with E-state index in [-0.39, 0.29) is 11.7 Å². The summed E-state index contributed by atoms with van der Waals surface area (Å²) in [7, 11) is 0. The van der Waals surface area contributed by atoms with E-state index in [1.165, 1.54) is 6.42 Å². The highest BCUT2D eigenvalue weighted by Crippen LogP contribution is 2.14. The summed E-state index contributed by atoms with van der Waals surface area (Å²) in [6, 6.07) is 0. The number of hydrogen-bond donors (Lipinski definition) is 2. The molecule has 4 N–H and O–H groups in total. The highest BCUT2D eigenvalue weighted by atomic mass is 79.9. The molecular weight excluding hydrogens is 310 g/mol. The summed E-state index contributed by atoms with van der Waals surface area (Å²) in [5.74, 6) is 0. The second kappa shape index (κ2) is 8.30. The Morgan fingerprint density at radius 3 is 1.89 bits per heavy atom. The fourth-order valence-corrected chi connectivity index (χ4v) is 1.40. The Bertz CT molecular complexity index is 300. The monoisotopic (exact) mass is 335 g/mol. The van der Waals surface area contributed by atoms with E-state index in [4.69, 9.17) is 16.2 Å². The van der Waals surface area contributed by atoms with Gasteiger partial charge >= 0.3 is 6.09 Å². The van der Waals surface area contributed by atoms with E-state index in [1.54, 1.807) is 11.8 Å². The molecule has 19 heavy (non-hydrogen) atoms. The number of ether oxygens (including phenoxy) is 1. The zero-order valence-electron chi connectivity index (χ0n) is 12.3. The Hall–Kier alpha value is -0.910. The van der Waals surface area contributed by atoms with Crippen LogP contribution < -0.4 is 11.5 Å². The summed E-state index contributed by atoms with van der Waals surface area (Å²) in [6.45, 7) is 9.13. The van der Waals surface area contributed by atoms with Crippen molar-refractivity contribution in [3.63, 3.8) is 0 Å². The van der Waals surface area contributed by atoms with Crippen molar-refractivity contribution in [2.45, 2.75) is 52.6 Å². The Morgan fingerprint density at radius 2 is 1.58 bits per heavy atom. The number of nitrogens with two attached hydrogens (primary N) is 2. The summed E-state index contributed by atoms with van der Waals surface area (Å²) in [6.07, 6.45) is 3.30. The van der Waals surface area contributed by atoms with Crippen molar-refractivity contribution >= 4 is 22.0 Å². The number of piperidine rings is 1. The molecule has 6 heteroatoms. The number of nitrogens with zero attached hydrogens (tertiary/aromatic N) is 1. The molecule has 0 aromatic rings. The van der Waals surface area contributed by atoms with Crippen LogP contribution in [0.4, 0.5) is 4.79 Å². The minimum Gasteiger partial charge on any atom is -0.444 e. The van der Waals surface area contributed by atoms with Crippen LogP contribution in [0, 0.1) is 0 Å². The Balaban J connectivity index is 0.000000459. The van der Waals surface area contributed by atoms with Gasteiger partial charge in [0.1, 0.15) is 5.60 Å². The van der Waals surface area contributed by atoms with Crippen molar-refractivity contribution in [1.29, 1.82) is 0 Å². The van der Waals surface area contributed by atoms with Crippen molar-refractivity contribution in [2.24, 2.45) is 11.5 Å². The maximum Gasteiger partial charge on any atom is 0.410 e. The van der Waals surface area contributed by atoms with Gasteiger partial charge in [-0.1, -0.05) is 0 Å². The molecule has 0 spiro atoms. The first-order chi connectivity index (χ1) is 8.63. The lowest BCUT2D eigenvalue weighted by atomic mass is 10.1. The third-order valence-electron chi connectivity index (χ3n) is 2.38. The molecule has 0 saturated carbocycles. The van der Waals surface area contributed by atoms with Gasteiger partial charge < -0.3 is 21.1 Å². The van der Waals surface area contributed by atoms with Crippen molar-refractivity contribution in [1.82, 2.24) is 4.90 Å². The van der Waals surface area contributed by atoms with Crippen LogP contribution in [0.3, 0.4) is 0 Å². The Morgan fingerprint density at radius 1 is 1.16 bits per heavy atom. The molecule has 1 amide bonds. The van der Waals surface area contributed by atoms with Crippen molar-refractivity contribution < 1.29 is 9.53 Å². The van der Waals surface area contributed by atoms with Crippen LogP contribution >= 0.6 is 15.9 Å². The van der Waals surface area contributed by atoms with Gasteiger partial charge in [0.05, 0.1) is 4.61 Å². The molecule has 0 atom stereocenters. The fraction of sp³-hybridized carbons (Fsp3) is 0.769. The first-order valence-corrected chi connectivity index (χ1v) is 7.28. The van der Waals surface area contributed by atoms with Crippen molar-refractivity contribution in [3.8, 4) is 0 Å². The molecule has 1 rings (SSSR count). The summed E-state index contributed by atoms with van der Waals surface area (Å²) < 4.78 is 5.78. The number of halogens is 1. The smallest absolute Gasteiger partial charge is 0.410 e. The minimum atomic E-state index is -0.367. The van der Waals surface area contributed by atoms with Crippen LogP contribution in [0.2, 0.25) is 0 Å². The second-order valence-corrected chi connectivity index (χ2v) is 6.41. The van der Waals surface area contributed by atoms with Gasteiger partial charge in [0.25, 0.3) is 0 Å². The number of amides is 1. The molecule has 0 aromatic carbocycles. The molecule has 0 aromatic heterocycles. The summed E-state index contributed by atoms with van der Waals surface area (Å²) >= 11 is 2.97. The number of carbonyl (C=O) groups is 1. The van der Waals surface area contributed by atoms with Crippen LogP contribution in [-0.2, 0) is 4.74 Å². The van der Waals surface area contributed by atoms with Gasteiger partial charge in [0.2, 0.25) is 0 Å². The Labute approximate surface area is 124 Å². The topological polar surface area (TPSA) is 81.6 Å². The van der Waals surface area contributed by atoms with E-state index in [0.717, 1.165) is 25.9 Å². The van der Waals surface area contributed by atoms with Gasteiger partial charge in [0.15, 0.2) is 0 Å². The third kappa shape index (κ3) is 9.64. The predicted molar refractivity (Wildman–Crippen MR) is 81.7 cm³/mol. The SMILES string of the molecule is C/C(N)=C(/N)Br.CC(C)(C)OC(=O)N1CCCCC1. The van der Waals surface area contributed by atoms with Gasteiger partial charge in [0, 0.05) is 18.8 Å². The summed E-state index contributed by atoms with van der Waals surface area (Å²) in [4.78, 5) is 13.3. The molecule has 1 heterocycles. The zero-order valence-corrected chi connectivity index (χ0v) is 13.9. The van der Waals surface area contributed by atoms with E-state index in [0.29, 0.717) is 10.3 Å². The van der Waals surface area contributed by atoms with E-state index in [2.05, 4.69) is 15.9 Å². The second-order valence-electron chi connectivity index (χ2n) is 5.56. The molecule has 112 valence electrons. The largest absolute Gasteiger partial charge is 0.444 e. The van der Waals surface area contributed by atoms with Gasteiger partial charge in [-0.05, 0) is 62.9 Å². The quantitative estimate of drug-likeness (QED) is 0.667. The molecule has 5 nitrogen and oxygen atoms in total. The van der Waals surface area contributed by atoms with Gasteiger partial charge in [-0.2, -0.15) is 0 Å². The lowest BCUT2D eigenvalue weighted by Crippen LogP contribution is -2.39. The first-order valence-electron chi connectivity index (χ1n) is 6.48. The van der Waals surface area contributed by atoms with E-state index < -0.39 is 0 Å². The number of allylic oxidation sites excluding steroid dienone is 1. The molecule has 0 aliphatic carbocycles. The average Bonchev–Trinajstić information content (AvgIpc) is 2.28. The first kappa shape index (κ1) is 18.1. The number of hydrogen-bond acceptors (Lipinski definition) is 4. The molecular formula is C13H26BrN3O2. The van der Waals surface area contributed by atoms with Crippen molar-refractivity contribution in [3.05, 3.63) is 10.3 Å². The molecule has 1 saturated heterocycles. The highest BCUT2D eigenvalue weighted by molar-refractivity contribution is 9.11. The lowest BCUT2D eigenvalue weighted by molar-refractivity contribution is 0.0216. The lowest BCUT2D eigenvalue weighted by Gasteiger charge is -2.29. The van der Waals surface area contributed by atoms with E-state index in [9.17, 15) is 4.79 Å². The summed E-state index contributed by atoms with van der Waals surface area (Å²) in [5, 5.41) is 0. The Kier molecular flexibility index (Phi) is 7.90. The molecule has 1 aliphatic rings. The molecule has 0 bridgehead atoms. The van der Waals surface area contributed by atoms with Gasteiger partial charge in [-0.3, -0.25) is 0 Å². The fourth-order valence-electron chi connectivity index (χ4n) is 1.40. The van der Waals surface area contributed by atoms with Crippen LogP contribution in [-0.4, -0.2) is 29.7 Å². The molecule has 0 unspecified atom stereocenters. The molecule has 0 radical (unpaired) electrons. The van der Waals surface area contributed by atoms with Crippen molar-refractivity contribution in [2.75, 3.05) is 13.1 Å². The van der Waals surface area contributed by atoms with Crippen LogP contribution in [0.15, 0.2) is 10.3 Å². The maximum atomic E-state index is 11.5. The highest BCUT2D eigenvalue weighted by Gasteiger charge is 2.22. The van der Waals surface area contributed by atoms with Gasteiger partial charge in [-0.15, -0.1) is 0 Å². The predicted octanol–water partition coefficient (Wildman–Crippen LogP) is 2.90. The van der Waals surface area contributed by atoms with E-state index in [1.807, 2.05) is 20.8 Å². The third-order valence-corrected chi connectivity index (χ3v) is 3.01. The maximum absolute atomic E-state index is 11.5. The summed E-state index contributed by atoms with van der Waals surface area (Å²) in [5.41, 5.74) is 10.5. The standard InChI is InChI=1S/C10H19NO2.C3H7BrN2/c1-10(2,3)13-9(12)11-7-5-4-6-8-11;1-2(5)3(4)6/h4-8H2,1-3H3;5-6H2,1H3/b;3-2-. The normalized spacial score (nSPS) is 17.0. The van der Waals surface area contributed by atoms with Crippen LogP contribution in [0.25, 0.3) is 0 Å². The van der Waals surface area contributed by atoms with E-state index >= 15 is 0 Å². The minimum absolute atomic E-state index is 0.160. The number of carbonyl (C=O) groups excluding carboxylic acids is 1. The average molecular weight is 336 g/mol. The zero-order chi connectivity index (χ0) is 15.1. The van der Waals surface area contributed by atoms with Crippen LogP contribution in [0.1, 0.15) is 47.0 Å².